The maximum absolute atomic E-state index is 11.3. The third-order valence-electron chi connectivity index (χ3n) is 9.61. The Kier molecular flexibility index (Phi) is 10.6. The fraction of sp³-hybridized carbons (Fsp3) is 0.0455. The first-order valence-electron chi connectivity index (χ1n) is 18.2. The summed E-state index contributed by atoms with van der Waals surface area (Å²) in [7, 11) is 0. The maximum atomic E-state index is 11.3. The van der Waals surface area contributed by atoms with E-state index in [1.165, 1.54) is 0 Å². The fourth-order valence-corrected chi connectivity index (χ4v) is 6.62. The molecule has 0 fully saturated rings. The SMILES string of the molecule is NC(=O)c1ccc(-c2ccc3nnn(Cc4ccc5ncccc5c4)c3n2)cc1.O=C(O)c1ccc(-c2ccc3nnn(Cc4ccc5ncccc5c4)c3n2)cc1.[H-].[Li+]. The van der Waals surface area contributed by atoms with Crippen LogP contribution in [0.25, 0.3) is 66.6 Å². The molecule has 59 heavy (non-hydrogen) atoms. The van der Waals surface area contributed by atoms with Gasteiger partial charge >= 0.3 is 24.8 Å². The van der Waals surface area contributed by atoms with Crippen LogP contribution in [0.2, 0.25) is 0 Å². The number of carbonyl (C=O) groups is 2. The van der Waals surface area contributed by atoms with Crippen molar-refractivity contribution in [1.82, 2.24) is 49.9 Å². The van der Waals surface area contributed by atoms with Crippen molar-refractivity contribution in [2.45, 2.75) is 13.1 Å². The molecule has 6 heterocycles. The number of rotatable bonds is 8. The van der Waals surface area contributed by atoms with Crippen LogP contribution in [0.3, 0.4) is 0 Å². The summed E-state index contributed by atoms with van der Waals surface area (Å²) in [5.74, 6) is -1.40. The molecule has 15 heteroatoms. The van der Waals surface area contributed by atoms with Crippen LogP contribution in [0, 0.1) is 0 Å². The largest absolute Gasteiger partial charge is 1.00 e. The molecule has 14 nitrogen and oxygen atoms in total. The van der Waals surface area contributed by atoms with Gasteiger partial charge in [-0.05, 0) is 96.1 Å². The van der Waals surface area contributed by atoms with Crippen molar-refractivity contribution in [2.24, 2.45) is 5.73 Å². The molecule has 0 atom stereocenters. The van der Waals surface area contributed by atoms with Crippen molar-refractivity contribution < 1.29 is 35.0 Å². The summed E-state index contributed by atoms with van der Waals surface area (Å²) in [5.41, 5.74) is 16.2. The first kappa shape index (κ1) is 38.2. The summed E-state index contributed by atoms with van der Waals surface area (Å²) in [6.07, 6.45) is 3.57. The molecule has 0 aliphatic rings. The van der Waals surface area contributed by atoms with Gasteiger partial charge in [-0.1, -0.05) is 59.0 Å². The van der Waals surface area contributed by atoms with Crippen molar-refractivity contribution in [2.75, 3.05) is 0 Å². The van der Waals surface area contributed by atoms with Crippen molar-refractivity contribution in [1.29, 1.82) is 0 Å². The molecule has 282 valence electrons. The van der Waals surface area contributed by atoms with Gasteiger partial charge in [0.2, 0.25) is 5.91 Å². The maximum Gasteiger partial charge on any atom is 1.00 e. The molecular formula is C44H32LiN11O3. The molecule has 0 aliphatic heterocycles. The zero-order valence-corrected chi connectivity index (χ0v) is 31.6. The van der Waals surface area contributed by atoms with Crippen LogP contribution in [0.4, 0.5) is 0 Å². The first-order valence-corrected chi connectivity index (χ1v) is 18.2. The van der Waals surface area contributed by atoms with Crippen molar-refractivity contribution in [3.8, 4) is 22.5 Å². The van der Waals surface area contributed by atoms with Gasteiger partial charge in [-0.3, -0.25) is 14.8 Å². The Morgan fingerprint density at radius 3 is 1.44 bits per heavy atom. The molecule has 4 aromatic carbocycles. The minimum absolute atomic E-state index is 0. The molecule has 0 radical (unpaired) electrons. The van der Waals surface area contributed by atoms with Gasteiger partial charge in [-0.25, -0.2) is 24.1 Å². The number of carboxylic acid groups (broad SMARTS) is 1. The number of nitrogens with zero attached hydrogens (tertiary/aromatic N) is 10. The molecule has 3 N–H and O–H groups in total. The molecule has 0 saturated carbocycles. The summed E-state index contributed by atoms with van der Waals surface area (Å²) in [6, 6.07) is 41.4. The summed E-state index contributed by atoms with van der Waals surface area (Å²) < 4.78 is 3.55. The summed E-state index contributed by atoms with van der Waals surface area (Å²) in [5, 5.41) is 28.2. The Morgan fingerprint density at radius 2 is 1.00 bits per heavy atom. The average Bonchev–Trinajstić information content (AvgIpc) is 3.86. The Labute approximate surface area is 349 Å². The molecule has 10 aromatic rings. The number of carbonyl (C=O) groups excluding carboxylic acids is 1. The zero-order chi connectivity index (χ0) is 39.6. The molecular weight excluding hydrogens is 737 g/mol. The van der Waals surface area contributed by atoms with Crippen LogP contribution in [0.5, 0.6) is 0 Å². The van der Waals surface area contributed by atoms with E-state index in [0.717, 1.165) is 61.0 Å². The van der Waals surface area contributed by atoms with E-state index in [1.807, 2.05) is 84.9 Å². The molecule has 10 rings (SSSR count). The van der Waals surface area contributed by atoms with E-state index in [2.05, 4.69) is 42.7 Å². The minimum Gasteiger partial charge on any atom is -1.00 e. The topological polar surface area (TPSA) is 193 Å². The van der Waals surface area contributed by atoms with Gasteiger partial charge in [0, 0.05) is 39.9 Å². The second-order valence-electron chi connectivity index (χ2n) is 13.5. The van der Waals surface area contributed by atoms with Crippen LogP contribution >= 0.6 is 0 Å². The first-order chi connectivity index (χ1) is 28.3. The summed E-state index contributed by atoms with van der Waals surface area (Å²) in [4.78, 5) is 40.5. The fourth-order valence-electron chi connectivity index (χ4n) is 6.62. The average molecular weight is 770 g/mol. The van der Waals surface area contributed by atoms with Gasteiger partial charge in [-0.2, -0.15) is 0 Å². The van der Waals surface area contributed by atoms with Crippen LogP contribution in [-0.2, 0) is 13.1 Å². The van der Waals surface area contributed by atoms with E-state index in [4.69, 9.17) is 20.8 Å². The Hall–Kier alpha value is -7.66. The van der Waals surface area contributed by atoms with E-state index >= 15 is 0 Å². The monoisotopic (exact) mass is 769 g/mol. The normalized spacial score (nSPS) is 11.0. The van der Waals surface area contributed by atoms with E-state index in [0.29, 0.717) is 35.5 Å². The van der Waals surface area contributed by atoms with Gasteiger partial charge in [0.05, 0.1) is 41.1 Å². The zero-order valence-electron chi connectivity index (χ0n) is 32.6. The number of carboxylic acids is 1. The smallest absolute Gasteiger partial charge is 1.00 e. The number of pyridine rings is 4. The van der Waals surface area contributed by atoms with Gasteiger partial charge < -0.3 is 12.3 Å². The standard InChI is InChI=1S/C22H16N6O.C22H15N5O2.Li.H/c23-21(29)16-6-4-15(5-7-16)19-9-10-20-22(25-19)28(27-26-20)13-14-3-8-18-17(12-14)2-1-11-24-18;28-22(29)16-6-4-15(5-7-16)19-9-10-20-21(24-19)27(26-25-20)13-14-3-8-18-17(12-14)2-1-11-23-18;;/h1-12H,13H2,(H2,23,29);1-12H,13H2,(H,28,29);;/q;;+1;-1. The number of aromatic nitrogens is 10. The second kappa shape index (κ2) is 16.4. The van der Waals surface area contributed by atoms with E-state index in [-0.39, 0.29) is 25.9 Å². The van der Waals surface area contributed by atoms with Crippen LogP contribution in [0.1, 0.15) is 33.3 Å². The molecule has 1 amide bonds. The number of primary amides is 1. The Morgan fingerprint density at radius 1 is 0.559 bits per heavy atom. The second-order valence-corrected chi connectivity index (χ2v) is 13.5. The molecule has 0 unspecified atom stereocenters. The molecule has 0 bridgehead atoms. The van der Waals surface area contributed by atoms with Gasteiger partial charge in [0.25, 0.3) is 0 Å². The van der Waals surface area contributed by atoms with E-state index in [9.17, 15) is 9.59 Å². The third-order valence-corrected chi connectivity index (χ3v) is 9.61. The number of nitrogens with two attached hydrogens (primary N) is 1. The van der Waals surface area contributed by atoms with Crippen molar-refractivity contribution in [3.63, 3.8) is 0 Å². The molecule has 6 aromatic heterocycles. The predicted octanol–water partition coefficient (Wildman–Crippen LogP) is 4.09. The molecule has 0 spiro atoms. The van der Waals surface area contributed by atoms with E-state index < -0.39 is 11.9 Å². The number of hydrogen-bond donors (Lipinski definition) is 2. The van der Waals surface area contributed by atoms with Crippen LogP contribution < -0.4 is 24.6 Å². The van der Waals surface area contributed by atoms with E-state index in [1.54, 1.807) is 58.2 Å². The quantitative estimate of drug-likeness (QED) is 0.212. The number of benzene rings is 4. The van der Waals surface area contributed by atoms with Crippen LogP contribution in [0.15, 0.2) is 146 Å². The number of fused-ring (bicyclic) bond motifs is 4. The Bertz CT molecular complexity index is 2940. The van der Waals surface area contributed by atoms with Crippen molar-refractivity contribution in [3.05, 3.63) is 168 Å². The number of hydrogen-bond acceptors (Lipinski definition) is 10. The number of amides is 1. The number of aromatic carboxylic acids is 1. The van der Waals surface area contributed by atoms with Gasteiger partial charge in [0.1, 0.15) is 11.0 Å². The summed E-state index contributed by atoms with van der Waals surface area (Å²) >= 11 is 0. The predicted molar refractivity (Wildman–Crippen MR) is 220 cm³/mol. The minimum atomic E-state index is -0.951. The molecule has 0 saturated heterocycles. The van der Waals surface area contributed by atoms with Gasteiger partial charge in [0.15, 0.2) is 11.3 Å². The van der Waals surface area contributed by atoms with Crippen molar-refractivity contribution >= 4 is 56.0 Å². The Balaban J connectivity index is 0.000000176. The molecule has 0 aliphatic carbocycles. The third kappa shape index (κ3) is 8.12. The van der Waals surface area contributed by atoms with Crippen LogP contribution in [-0.4, -0.2) is 66.9 Å². The summed E-state index contributed by atoms with van der Waals surface area (Å²) in [6.45, 7) is 1.09. The van der Waals surface area contributed by atoms with Gasteiger partial charge in [-0.15, -0.1) is 10.2 Å².